The summed E-state index contributed by atoms with van der Waals surface area (Å²) in [6.45, 7) is 0. The van der Waals surface area contributed by atoms with Gasteiger partial charge in [0.25, 0.3) is 0 Å². The Hall–Kier alpha value is -1.91. The van der Waals surface area contributed by atoms with Gasteiger partial charge in [0.05, 0.1) is 22.8 Å². The quantitative estimate of drug-likeness (QED) is 0.836. The fraction of sp³-hybridized carbons (Fsp3) is 0.316. The number of benzene rings is 2. The minimum atomic E-state index is -3.72. The molecular weight excluding hydrogens is 372 g/mol. The molecule has 0 aliphatic heterocycles. The lowest BCUT2D eigenvalue weighted by atomic mass is 9.94. The second-order valence-corrected chi connectivity index (χ2v) is 8.55. The van der Waals surface area contributed by atoms with Crippen LogP contribution in [0.2, 0.25) is 5.02 Å². The summed E-state index contributed by atoms with van der Waals surface area (Å²) in [5.74, 6) is 0. The molecule has 26 heavy (non-hydrogen) atoms. The molecule has 0 heterocycles. The highest BCUT2D eigenvalue weighted by atomic mass is 35.5. The monoisotopic (exact) mass is 390 g/mol. The normalized spacial score (nSPS) is 20.5. The first-order valence-electron chi connectivity index (χ1n) is 8.39. The van der Waals surface area contributed by atoms with Crippen molar-refractivity contribution < 1.29 is 13.5 Å². The summed E-state index contributed by atoms with van der Waals surface area (Å²) in [6, 6.07) is 13.7. The molecule has 1 fully saturated rings. The topological polar surface area (TPSA) is 90.2 Å². The number of rotatable bonds is 4. The van der Waals surface area contributed by atoms with Crippen molar-refractivity contribution >= 4 is 21.6 Å². The van der Waals surface area contributed by atoms with Crippen molar-refractivity contribution in [1.82, 2.24) is 4.72 Å². The molecule has 0 amide bonds. The standard InChI is InChI=1S/C19H19ClN2O3S/c20-18-11-15(14-3-1-13(12-21)2-4-14)5-10-19(18)26(24,25)22-16-6-8-17(23)9-7-16/h1-5,10-11,16-17,22-23H,6-9H2. The van der Waals surface area contributed by atoms with Crippen molar-refractivity contribution in [3.05, 3.63) is 53.1 Å². The Labute approximate surface area is 158 Å². The van der Waals surface area contributed by atoms with Gasteiger partial charge in [-0.1, -0.05) is 29.8 Å². The van der Waals surface area contributed by atoms with Gasteiger partial charge in [-0.25, -0.2) is 13.1 Å². The minimum absolute atomic E-state index is 0.0442. The molecule has 7 heteroatoms. The van der Waals surface area contributed by atoms with E-state index in [2.05, 4.69) is 10.8 Å². The van der Waals surface area contributed by atoms with Crippen LogP contribution in [0.25, 0.3) is 11.1 Å². The molecule has 2 aromatic rings. The van der Waals surface area contributed by atoms with E-state index in [0.717, 1.165) is 11.1 Å². The Morgan fingerprint density at radius 2 is 1.65 bits per heavy atom. The minimum Gasteiger partial charge on any atom is -0.393 e. The number of halogens is 1. The molecule has 1 aliphatic carbocycles. The van der Waals surface area contributed by atoms with E-state index in [1.165, 1.54) is 6.07 Å². The van der Waals surface area contributed by atoms with Crippen molar-refractivity contribution in [2.45, 2.75) is 42.7 Å². The molecule has 136 valence electrons. The van der Waals surface area contributed by atoms with Gasteiger partial charge in [0.2, 0.25) is 10.0 Å². The number of sulfonamides is 1. The van der Waals surface area contributed by atoms with Gasteiger partial charge < -0.3 is 5.11 Å². The first-order valence-corrected chi connectivity index (χ1v) is 10.3. The SMILES string of the molecule is N#Cc1ccc(-c2ccc(S(=O)(=O)NC3CCC(O)CC3)c(Cl)c2)cc1. The Morgan fingerprint density at radius 3 is 2.23 bits per heavy atom. The maximum absolute atomic E-state index is 12.6. The van der Waals surface area contributed by atoms with E-state index in [-0.39, 0.29) is 22.1 Å². The van der Waals surface area contributed by atoms with Crippen LogP contribution in [0.4, 0.5) is 0 Å². The maximum Gasteiger partial charge on any atom is 0.242 e. The van der Waals surface area contributed by atoms with E-state index < -0.39 is 10.0 Å². The van der Waals surface area contributed by atoms with Crippen LogP contribution in [-0.2, 0) is 10.0 Å². The van der Waals surface area contributed by atoms with Crippen molar-refractivity contribution in [2.24, 2.45) is 0 Å². The smallest absolute Gasteiger partial charge is 0.242 e. The number of nitriles is 1. The first kappa shape index (κ1) is 18.9. The third kappa shape index (κ3) is 4.25. The molecule has 0 bridgehead atoms. The van der Waals surface area contributed by atoms with Gasteiger partial charge >= 0.3 is 0 Å². The molecule has 0 saturated heterocycles. The average Bonchev–Trinajstić information content (AvgIpc) is 2.63. The molecule has 5 nitrogen and oxygen atoms in total. The van der Waals surface area contributed by atoms with Gasteiger partial charge in [-0.15, -0.1) is 0 Å². The number of hydrogen-bond donors (Lipinski definition) is 2. The zero-order chi connectivity index (χ0) is 18.7. The molecule has 2 N–H and O–H groups in total. The fourth-order valence-electron chi connectivity index (χ4n) is 3.11. The lowest BCUT2D eigenvalue weighted by Crippen LogP contribution is -2.38. The van der Waals surface area contributed by atoms with Gasteiger partial charge in [0, 0.05) is 6.04 Å². The van der Waals surface area contributed by atoms with Crippen LogP contribution in [0.15, 0.2) is 47.4 Å². The van der Waals surface area contributed by atoms with E-state index >= 15 is 0 Å². The second kappa shape index (κ2) is 7.77. The molecule has 0 radical (unpaired) electrons. The molecule has 0 unspecified atom stereocenters. The zero-order valence-electron chi connectivity index (χ0n) is 14.0. The highest BCUT2D eigenvalue weighted by Gasteiger charge is 2.26. The predicted octanol–water partition coefficient (Wildman–Crippen LogP) is 3.46. The highest BCUT2D eigenvalue weighted by Crippen LogP contribution is 2.29. The molecule has 2 aromatic carbocycles. The third-order valence-corrected chi connectivity index (χ3v) is 6.59. The Kier molecular flexibility index (Phi) is 5.64. The van der Waals surface area contributed by atoms with Gasteiger partial charge in [0.15, 0.2) is 0 Å². The predicted molar refractivity (Wildman–Crippen MR) is 100 cm³/mol. The molecular formula is C19H19ClN2O3S. The Balaban J connectivity index is 1.81. The largest absolute Gasteiger partial charge is 0.393 e. The molecule has 1 saturated carbocycles. The average molecular weight is 391 g/mol. The number of aliphatic hydroxyl groups is 1. The summed E-state index contributed by atoms with van der Waals surface area (Å²) in [6.07, 6.45) is 2.07. The van der Waals surface area contributed by atoms with Crippen LogP contribution in [0.5, 0.6) is 0 Å². The van der Waals surface area contributed by atoms with Crippen molar-refractivity contribution in [2.75, 3.05) is 0 Å². The van der Waals surface area contributed by atoms with E-state index in [0.29, 0.717) is 31.2 Å². The fourth-order valence-corrected chi connectivity index (χ4v) is 4.96. The molecule has 0 aromatic heterocycles. The molecule has 3 rings (SSSR count). The van der Waals surface area contributed by atoms with Crippen molar-refractivity contribution in [3.63, 3.8) is 0 Å². The van der Waals surface area contributed by atoms with Crippen molar-refractivity contribution in [3.8, 4) is 17.2 Å². The summed E-state index contributed by atoms with van der Waals surface area (Å²) in [5.41, 5.74) is 2.18. The second-order valence-electron chi connectivity index (χ2n) is 6.46. The van der Waals surface area contributed by atoms with E-state index in [4.69, 9.17) is 16.9 Å². The number of hydrogen-bond acceptors (Lipinski definition) is 4. The van der Waals surface area contributed by atoms with E-state index in [9.17, 15) is 13.5 Å². The Morgan fingerprint density at radius 1 is 1.04 bits per heavy atom. The molecule has 0 spiro atoms. The van der Waals surface area contributed by atoms with Crippen LogP contribution in [0, 0.1) is 11.3 Å². The number of nitrogens with one attached hydrogen (secondary N) is 1. The van der Waals surface area contributed by atoms with Crippen LogP contribution in [0.1, 0.15) is 31.2 Å². The van der Waals surface area contributed by atoms with E-state index in [1.807, 2.05) is 0 Å². The number of aliphatic hydroxyl groups excluding tert-OH is 1. The van der Waals surface area contributed by atoms with Gasteiger partial charge in [-0.05, 0) is 61.1 Å². The van der Waals surface area contributed by atoms with Crippen LogP contribution < -0.4 is 4.72 Å². The molecule has 1 aliphatic rings. The Bertz CT molecular complexity index is 928. The summed E-state index contributed by atoms with van der Waals surface area (Å²) in [5, 5.41) is 18.5. The lowest BCUT2D eigenvalue weighted by Gasteiger charge is -2.26. The summed E-state index contributed by atoms with van der Waals surface area (Å²) < 4.78 is 28.0. The summed E-state index contributed by atoms with van der Waals surface area (Å²) in [7, 11) is -3.72. The van der Waals surface area contributed by atoms with Crippen LogP contribution in [0.3, 0.4) is 0 Å². The van der Waals surface area contributed by atoms with Crippen molar-refractivity contribution in [1.29, 1.82) is 5.26 Å². The van der Waals surface area contributed by atoms with E-state index in [1.54, 1.807) is 36.4 Å². The van der Waals surface area contributed by atoms with Crippen LogP contribution >= 0.6 is 11.6 Å². The third-order valence-electron chi connectivity index (χ3n) is 4.59. The van der Waals surface area contributed by atoms with Gasteiger partial charge in [0.1, 0.15) is 4.90 Å². The lowest BCUT2D eigenvalue weighted by molar-refractivity contribution is 0.120. The maximum atomic E-state index is 12.6. The molecule has 0 atom stereocenters. The summed E-state index contributed by atoms with van der Waals surface area (Å²) in [4.78, 5) is 0.0442. The highest BCUT2D eigenvalue weighted by molar-refractivity contribution is 7.89. The number of nitrogens with zero attached hydrogens (tertiary/aromatic N) is 1. The summed E-state index contributed by atoms with van der Waals surface area (Å²) >= 11 is 6.25. The van der Waals surface area contributed by atoms with Gasteiger partial charge in [-0.3, -0.25) is 0 Å². The van der Waals surface area contributed by atoms with Gasteiger partial charge in [-0.2, -0.15) is 5.26 Å². The first-order chi connectivity index (χ1) is 12.4. The zero-order valence-corrected chi connectivity index (χ0v) is 15.6. The van der Waals surface area contributed by atoms with Crippen LogP contribution in [-0.4, -0.2) is 25.7 Å².